The minimum absolute atomic E-state index is 0.150. The maximum atomic E-state index is 12.5. The highest BCUT2D eigenvalue weighted by molar-refractivity contribution is 7.22. The third-order valence-electron chi connectivity index (χ3n) is 4.74. The van der Waals surface area contributed by atoms with E-state index in [2.05, 4.69) is 21.2 Å². The molecule has 1 aromatic carbocycles. The second-order valence-corrected chi connectivity index (χ2v) is 9.51. The molecule has 6 nitrogen and oxygen atoms in total. The van der Waals surface area contributed by atoms with Crippen LogP contribution in [-0.2, 0) is 4.79 Å². The number of amides is 1. The van der Waals surface area contributed by atoms with Crippen LogP contribution in [0.2, 0.25) is 10.0 Å². The molecule has 0 saturated carbocycles. The molecule has 0 unspecified atom stereocenters. The van der Waals surface area contributed by atoms with E-state index in [0.717, 1.165) is 28.1 Å². The molecule has 1 aliphatic heterocycles. The van der Waals surface area contributed by atoms with Crippen molar-refractivity contribution >= 4 is 56.9 Å². The summed E-state index contributed by atoms with van der Waals surface area (Å²) in [5, 5.41) is 13.6. The summed E-state index contributed by atoms with van der Waals surface area (Å²) in [5.74, 6) is 0.734. The van der Waals surface area contributed by atoms with Gasteiger partial charge in [0.2, 0.25) is 11.0 Å². The average molecular weight is 483 g/mol. The maximum absolute atomic E-state index is 12.5. The number of carbonyl (C=O) groups excluding carboxylic acids is 1. The zero-order valence-electron chi connectivity index (χ0n) is 16.1. The molecule has 1 aliphatic rings. The van der Waals surface area contributed by atoms with Crippen molar-refractivity contribution in [2.24, 2.45) is 0 Å². The van der Waals surface area contributed by atoms with Crippen molar-refractivity contribution in [3.63, 3.8) is 0 Å². The standard InChI is InChI=1S/C20H20Cl2N4O2S2/c21-14-5-6-16(15(22)13-14)28-11-1-4-18(27)25-7-9-26(10-8-25)20-24-23-19(30-20)17-3-2-12-29-17/h2-3,5-6,12-13H,1,4,7-11H2. The predicted octanol–water partition coefficient (Wildman–Crippen LogP) is 5.08. The van der Waals surface area contributed by atoms with Crippen molar-refractivity contribution in [3.8, 4) is 15.6 Å². The van der Waals surface area contributed by atoms with Gasteiger partial charge in [-0.1, -0.05) is 40.6 Å². The molecule has 2 aromatic heterocycles. The van der Waals surface area contributed by atoms with Gasteiger partial charge in [-0.15, -0.1) is 21.5 Å². The maximum Gasteiger partial charge on any atom is 0.222 e. The second kappa shape index (κ2) is 9.96. The Balaban J connectivity index is 1.20. The minimum atomic E-state index is 0.150. The van der Waals surface area contributed by atoms with Crippen molar-refractivity contribution in [1.29, 1.82) is 0 Å². The molecule has 0 N–H and O–H groups in total. The lowest BCUT2D eigenvalue weighted by atomic mass is 10.2. The van der Waals surface area contributed by atoms with Gasteiger partial charge < -0.3 is 14.5 Å². The molecule has 0 aliphatic carbocycles. The Morgan fingerprint density at radius 3 is 2.70 bits per heavy atom. The number of ether oxygens (including phenoxy) is 1. The van der Waals surface area contributed by atoms with Gasteiger partial charge in [0.25, 0.3) is 0 Å². The van der Waals surface area contributed by atoms with Crippen LogP contribution in [0.5, 0.6) is 5.75 Å². The number of nitrogens with zero attached hydrogens (tertiary/aromatic N) is 4. The molecule has 4 rings (SSSR count). The van der Waals surface area contributed by atoms with Gasteiger partial charge in [0.1, 0.15) is 5.75 Å². The molecule has 10 heteroatoms. The summed E-state index contributed by atoms with van der Waals surface area (Å²) in [7, 11) is 0. The first-order valence-electron chi connectivity index (χ1n) is 9.58. The molecule has 158 valence electrons. The largest absolute Gasteiger partial charge is 0.492 e. The first-order chi connectivity index (χ1) is 14.6. The van der Waals surface area contributed by atoms with E-state index in [-0.39, 0.29) is 5.91 Å². The third-order valence-corrected chi connectivity index (χ3v) is 7.29. The summed E-state index contributed by atoms with van der Waals surface area (Å²) in [5.41, 5.74) is 0. The second-order valence-electron chi connectivity index (χ2n) is 6.76. The Morgan fingerprint density at radius 2 is 1.97 bits per heavy atom. The smallest absolute Gasteiger partial charge is 0.222 e. The van der Waals surface area contributed by atoms with E-state index < -0.39 is 0 Å². The molecule has 0 bridgehead atoms. The summed E-state index contributed by atoms with van der Waals surface area (Å²) in [6.45, 7) is 3.35. The van der Waals surface area contributed by atoms with Gasteiger partial charge in [0.15, 0.2) is 5.01 Å². The van der Waals surface area contributed by atoms with Crippen LogP contribution < -0.4 is 9.64 Å². The van der Waals surface area contributed by atoms with Crippen LogP contribution >= 0.6 is 45.9 Å². The Labute approximate surface area is 193 Å². The van der Waals surface area contributed by atoms with Crippen molar-refractivity contribution in [1.82, 2.24) is 15.1 Å². The van der Waals surface area contributed by atoms with Crippen LogP contribution in [0, 0.1) is 0 Å². The van der Waals surface area contributed by atoms with E-state index in [4.69, 9.17) is 27.9 Å². The monoisotopic (exact) mass is 482 g/mol. The summed E-state index contributed by atoms with van der Waals surface area (Å²) in [6, 6.07) is 9.18. The predicted molar refractivity (Wildman–Crippen MR) is 123 cm³/mol. The molecule has 1 amide bonds. The summed E-state index contributed by atoms with van der Waals surface area (Å²) in [4.78, 5) is 17.8. The fourth-order valence-corrected chi connectivity index (χ4v) is 5.30. The number of halogens is 2. The van der Waals surface area contributed by atoms with E-state index in [0.29, 0.717) is 48.3 Å². The Kier molecular flexibility index (Phi) is 7.09. The van der Waals surface area contributed by atoms with Crippen molar-refractivity contribution in [2.45, 2.75) is 12.8 Å². The number of benzene rings is 1. The van der Waals surface area contributed by atoms with Crippen LogP contribution in [-0.4, -0.2) is 53.8 Å². The topological polar surface area (TPSA) is 58.6 Å². The summed E-state index contributed by atoms with van der Waals surface area (Å²) < 4.78 is 5.65. The highest BCUT2D eigenvalue weighted by Gasteiger charge is 2.23. The van der Waals surface area contributed by atoms with E-state index >= 15 is 0 Å². The molecule has 0 spiro atoms. The lowest BCUT2D eigenvalue weighted by Gasteiger charge is -2.34. The Morgan fingerprint density at radius 1 is 1.13 bits per heavy atom. The number of thiophene rings is 1. The SMILES string of the molecule is O=C(CCCOc1ccc(Cl)cc1Cl)N1CCN(c2nnc(-c3cccs3)s2)CC1. The first kappa shape index (κ1) is 21.4. The third kappa shape index (κ3) is 5.24. The van der Waals surface area contributed by atoms with Gasteiger partial charge in [-0.3, -0.25) is 4.79 Å². The molecule has 3 aromatic rings. The number of piperazine rings is 1. The average Bonchev–Trinajstić information content (AvgIpc) is 3.44. The molecule has 1 fully saturated rings. The Bertz CT molecular complexity index is 989. The first-order valence-corrected chi connectivity index (χ1v) is 12.0. The number of rotatable bonds is 7. The molecule has 30 heavy (non-hydrogen) atoms. The number of aromatic nitrogens is 2. The number of anilines is 1. The van der Waals surface area contributed by atoms with Crippen molar-refractivity contribution < 1.29 is 9.53 Å². The van der Waals surface area contributed by atoms with Gasteiger partial charge in [-0.2, -0.15) is 0 Å². The quantitative estimate of drug-likeness (QED) is 0.439. The number of hydrogen-bond donors (Lipinski definition) is 0. The van der Waals surface area contributed by atoms with Crippen LogP contribution in [0.1, 0.15) is 12.8 Å². The number of hydrogen-bond acceptors (Lipinski definition) is 7. The van der Waals surface area contributed by atoms with Gasteiger partial charge >= 0.3 is 0 Å². The fraction of sp³-hybridized carbons (Fsp3) is 0.350. The molecule has 0 atom stereocenters. The molecular weight excluding hydrogens is 463 g/mol. The van der Waals surface area contributed by atoms with Crippen molar-refractivity contribution in [2.75, 3.05) is 37.7 Å². The van der Waals surface area contributed by atoms with E-state index in [1.165, 1.54) is 0 Å². The molecular formula is C20H20Cl2N4O2S2. The van der Waals surface area contributed by atoms with Gasteiger partial charge in [-0.25, -0.2) is 0 Å². The lowest BCUT2D eigenvalue weighted by Crippen LogP contribution is -2.48. The van der Waals surface area contributed by atoms with Crippen LogP contribution in [0.15, 0.2) is 35.7 Å². The zero-order valence-corrected chi connectivity index (χ0v) is 19.2. The molecule has 1 saturated heterocycles. The van der Waals surface area contributed by atoms with Crippen LogP contribution in [0.4, 0.5) is 5.13 Å². The normalized spacial score (nSPS) is 14.2. The van der Waals surface area contributed by atoms with Crippen LogP contribution in [0.25, 0.3) is 9.88 Å². The highest BCUT2D eigenvalue weighted by atomic mass is 35.5. The summed E-state index contributed by atoms with van der Waals surface area (Å²) >= 11 is 15.2. The summed E-state index contributed by atoms with van der Waals surface area (Å²) in [6.07, 6.45) is 1.09. The van der Waals surface area contributed by atoms with Gasteiger partial charge in [-0.05, 0) is 36.1 Å². The highest BCUT2D eigenvalue weighted by Crippen LogP contribution is 2.32. The van der Waals surface area contributed by atoms with E-state index in [1.807, 2.05) is 16.3 Å². The van der Waals surface area contributed by atoms with Gasteiger partial charge in [0.05, 0.1) is 16.5 Å². The minimum Gasteiger partial charge on any atom is -0.492 e. The van der Waals surface area contributed by atoms with E-state index in [9.17, 15) is 4.79 Å². The van der Waals surface area contributed by atoms with Gasteiger partial charge in [0, 0.05) is 37.6 Å². The van der Waals surface area contributed by atoms with E-state index in [1.54, 1.807) is 40.9 Å². The fourth-order valence-electron chi connectivity index (χ4n) is 3.15. The zero-order chi connectivity index (χ0) is 20.9. The van der Waals surface area contributed by atoms with Crippen LogP contribution in [0.3, 0.4) is 0 Å². The molecule has 3 heterocycles. The molecule has 0 radical (unpaired) electrons. The Hall–Kier alpha value is -1.87. The number of carbonyl (C=O) groups is 1. The van der Waals surface area contributed by atoms with Crippen molar-refractivity contribution in [3.05, 3.63) is 45.8 Å². The lowest BCUT2D eigenvalue weighted by molar-refractivity contribution is -0.131.